The second-order valence-corrected chi connectivity index (χ2v) is 7.28. The van der Waals surface area contributed by atoms with Crippen LogP contribution in [0.4, 0.5) is 11.8 Å². The third kappa shape index (κ3) is 5.07. The van der Waals surface area contributed by atoms with Gasteiger partial charge in [-0.15, -0.1) is 0 Å². The Bertz CT molecular complexity index is 484. The third-order valence-corrected chi connectivity index (χ3v) is 5.24. The Morgan fingerprint density at radius 1 is 1.12 bits per heavy atom. The second kappa shape index (κ2) is 9.21. The third-order valence-electron chi connectivity index (χ3n) is 5.24. The highest BCUT2D eigenvalue weighted by Gasteiger charge is 2.20. The van der Waals surface area contributed by atoms with E-state index in [0.717, 1.165) is 31.4 Å². The zero-order valence-corrected chi connectivity index (χ0v) is 15.2. The van der Waals surface area contributed by atoms with Crippen LogP contribution in [0.25, 0.3) is 0 Å². The molecule has 1 N–H and O–H groups in total. The summed E-state index contributed by atoms with van der Waals surface area (Å²) in [5.74, 6) is 1.90. The smallest absolute Gasteiger partial charge is 0.224 e. The summed E-state index contributed by atoms with van der Waals surface area (Å²) in [4.78, 5) is 14.3. The van der Waals surface area contributed by atoms with Crippen LogP contribution in [0.1, 0.15) is 58.3 Å². The Hall–Kier alpha value is -1.36. The number of aromatic nitrogens is 2. The van der Waals surface area contributed by atoms with Crippen molar-refractivity contribution in [2.45, 2.75) is 64.3 Å². The highest BCUT2D eigenvalue weighted by Crippen LogP contribution is 2.19. The topological polar surface area (TPSA) is 44.3 Å². The van der Waals surface area contributed by atoms with Crippen molar-refractivity contribution in [2.75, 3.05) is 42.9 Å². The summed E-state index contributed by atoms with van der Waals surface area (Å²) >= 11 is 0. The Morgan fingerprint density at radius 2 is 1.96 bits per heavy atom. The molecule has 3 heterocycles. The van der Waals surface area contributed by atoms with Gasteiger partial charge < -0.3 is 15.1 Å². The molecule has 5 heteroatoms. The molecule has 0 radical (unpaired) electrons. The Labute approximate surface area is 146 Å². The summed E-state index contributed by atoms with van der Waals surface area (Å²) in [6.45, 7) is 8.12. The highest BCUT2D eigenvalue weighted by atomic mass is 15.2. The van der Waals surface area contributed by atoms with Crippen molar-refractivity contribution in [1.82, 2.24) is 14.9 Å². The fourth-order valence-corrected chi connectivity index (χ4v) is 3.84. The molecule has 0 amide bonds. The van der Waals surface area contributed by atoms with E-state index in [4.69, 9.17) is 4.98 Å². The van der Waals surface area contributed by atoms with Gasteiger partial charge in [-0.25, -0.2) is 4.98 Å². The van der Waals surface area contributed by atoms with Crippen molar-refractivity contribution >= 4 is 11.8 Å². The Morgan fingerprint density at radius 3 is 2.75 bits per heavy atom. The number of likely N-dealkylation sites (tertiary alicyclic amines) is 1. The van der Waals surface area contributed by atoms with Crippen molar-refractivity contribution in [3.05, 3.63) is 12.3 Å². The molecule has 3 rings (SSSR count). The number of anilines is 2. The molecule has 5 nitrogen and oxygen atoms in total. The molecule has 1 aromatic heterocycles. The van der Waals surface area contributed by atoms with Gasteiger partial charge in [0.1, 0.15) is 5.82 Å². The Kier molecular flexibility index (Phi) is 6.70. The lowest BCUT2D eigenvalue weighted by molar-refractivity contribution is 0.213. The van der Waals surface area contributed by atoms with Crippen LogP contribution in [0.5, 0.6) is 0 Å². The molecule has 1 unspecified atom stereocenters. The molecule has 24 heavy (non-hydrogen) atoms. The van der Waals surface area contributed by atoms with Gasteiger partial charge in [0.25, 0.3) is 0 Å². The minimum absolute atomic E-state index is 0.481. The minimum Gasteiger partial charge on any atom is -0.356 e. The number of nitrogens with zero attached hydrogens (tertiary/aromatic N) is 4. The number of rotatable bonds is 6. The number of piperidine rings is 1. The summed E-state index contributed by atoms with van der Waals surface area (Å²) in [6.07, 6.45) is 12.2. The average molecular weight is 332 g/mol. The molecular weight excluding hydrogens is 298 g/mol. The zero-order chi connectivity index (χ0) is 16.6. The van der Waals surface area contributed by atoms with E-state index in [1.807, 2.05) is 6.20 Å². The molecular formula is C19H33N5. The normalized spacial score (nSPS) is 23.0. The van der Waals surface area contributed by atoms with Crippen LogP contribution >= 0.6 is 0 Å². The molecule has 0 aromatic carbocycles. The number of hydrogen-bond donors (Lipinski definition) is 1. The van der Waals surface area contributed by atoms with Crippen LogP contribution < -0.4 is 10.2 Å². The average Bonchev–Trinajstić information content (AvgIpc) is 2.90. The van der Waals surface area contributed by atoms with Gasteiger partial charge in [-0.05, 0) is 51.3 Å². The van der Waals surface area contributed by atoms with Crippen LogP contribution in [0.15, 0.2) is 12.3 Å². The monoisotopic (exact) mass is 331 g/mol. The van der Waals surface area contributed by atoms with Gasteiger partial charge in [0, 0.05) is 31.9 Å². The molecule has 2 fully saturated rings. The fraction of sp³-hybridized carbons (Fsp3) is 0.789. The standard InChI is InChI=1S/C19H33N5/c1-2-3-12-23-13-8-9-17(16-23)21-19-20-11-10-18(22-19)24-14-6-4-5-7-15-24/h10-11,17H,2-9,12-16H2,1H3,(H,20,21,22). The van der Waals surface area contributed by atoms with E-state index in [0.29, 0.717) is 6.04 Å². The van der Waals surface area contributed by atoms with Gasteiger partial charge >= 0.3 is 0 Å². The molecule has 0 spiro atoms. The van der Waals surface area contributed by atoms with Crippen molar-refractivity contribution < 1.29 is 0 Å². The first kappa shape index (κ1) is 17.5. The van der Waals surface area contributed by atoms with E-state index >= 15 is 0 Å². The van der Waals surface area contributed by atoms with Crippen LogP contribution in [0.2, 0.25) is 0 Å². The SMILES string of the molecule is CCCCN1CCCC(Nc2nccc(N3CCCCCC3)n2)C1. The summed E-state index contributed by atoms with van der Waals surface area (Å²) < 4.78 is 0. The van der Waals surface area contributed by atoms with E-state index in [1.54, 1.807) is 0 Å². The largest absolute Gasteiger partial charge is 0.356 e. The Balaban J connectivity index is 1.57. The first-order chi connectivity index (χ1) is 11.8. The molecule has 0 bridgehead atoms. The van der Waals surface area contributed by atoms with Gasteiger partial charge in [0.15, 0.2) is 0 Å². The lowest BCUT2D eigenvalue weighted by Gasteiger charge is -2.33. The molecule has 2 aliphatic rings. The molecule has 0 saturated carbocycles. The predicted molar refractivity (Wildman–Crippen MR) is 101 cm³/mol. The lowest BCUT2D eigenvalue weighted by Crippen LogP contribution is -2.42. The van der Waals surface area contributed by atoms with Crippen molar-refractivity contribution in [2.24, 2.45) is 0 Å². The minimum atomic E-state index is 0.481. The maximum Gasteiger partial charge on any atom is 0.224 e. The van der Waals surface area contributed by atoms with Crippen molar-refractivity contribution in [3.8, 4) is 0 Å². The summed E-state index contributed by atoms with van der Waals surface area (Å²) in [5.41, 5.74) is 0. The van der Waals surface area contributed by atoms with E-state index in [9.17, 15) is 0 Å². The maximum atomic E-state index is 4.80. The number of unbranched alkanes of at least 4 members (excludes halogenated alkanes) is 1. The van der Waals surface area contributed by atoms with Crippen LogP contribution in [-0.4, -0.2) is 53.6 Å². The summed E-state index contributed by atoms with van der Waals surface area (Å²) in [6, 6.07) is 2.54. The molecule has 2 saturated heterocycles. The zero-order valence-electron chi connectivity index (χ0n) is 15.2. The quantitative estimate of drug-likeness (QED) is 0.864. The van der Waals surface area contributed by atoms with Crippen LogP contribution in [-0.2, 0) is 0 Å². The first-order valence-corrected chi connectivity index (χ1v) is 9.92. The predicted octanol–water partition coefficient (Wildman–Crippen LogP) is 3.53. The van der Waals surface area contributed by atoms with E-state index in [2.05, 4.69) is 33.1 Å². The molecule has 1 aromatic rings. The van der Waals surface area contributed by atoms with Crippen molar-refractivity contribution in [3.63, 3.8) is 0 Å². The van der Waals surface area contributed by atoms with Gasteiger partial charge in [0.05, 0.1) is 0 Å². The maximum absolute atomic E-state index is 4.80. The molecule has 0 aliphatic carbocycles. The van der Waals surface area contributed by atoms with Crippen LogP contribution in [0, 0.1) is 0 Å². The fourth-order valence-electron chi connectivity index (χ4n) is 3.84. The van der Waals surface area contributed by atoms with Gasteiger partial charge in [-0.2, -0.15) is 4.98 Å². The first-order valence-electron chi connectivity index (χ1n) is 9.92. The van der Waals surface area contributed by atoms with E-state index in [1.165, 1.54) is 64.5 Å². The molecule has 134 valence electrons. The van der Waals surface area contributed by atoms with E-state index in [-0.39, 0.29) is 0 Å². The molecule has 1 atom stereocenters. The number of nitrogens with one attached hydrogen (secondary N) is 1. The van der Waals surface area contributed by atoms with Gasteiger partial charge in [-0.1, -0.05) is 26.2 Å². The van der Waals surface area contributed by atoms with Crippen LogP contribution in [0.3, 0.4) is 0 Å². The second-order valence-electron chi connectivity index (χ2n) is 7.28. The number of hydrogen-bond acceptors (Lipinski definition) is 5. The van der Waals surface area contributed by atoms with Gasteiger partial charge in [0.2, 0.25) is 5.95 Å². The summed E-state index contributed by atoms with van der Waals surface area (Å²) in [7, 11) is 0. The van der Waals surface area contributed by atoms with E-state index < -0.39 is 0 Å². The lowest BCUT2D eigenvalue weighted by atomic mass is 10.1. The van der Waals surface area contributed by atoms with Crippen molar-refractivity contribution in [1.29, 1.82) is 0 Å². The summed E-state index contributed by atoms with van der Waals surface area (Å²) in [5, 5.41) is 3.59. The van der Waals surface area contributed by atoms with Gasteiger partial charge in [-0.3, -0.25) is 0 Å². The highest BCUT2D eigenvalue weighted by molar-refractivity contribution is 5.43. The molecule has 2 aliphatic heterocycles.